The first-order valence-corrected chi connectivity index (χ1v) is 13.4. The van der Waals surface area contributed by atoms with Crippen molar-refractivity contribution in [2.75, 3.05) is 27.9 Å². The van der Waals surface area contributed by atoms with Crippen LogP contribution in [-0.4, -0.2) is 56.4 Å². The number of nitrogens with one attached hydrogen (secondary N) is 1. The van der Waals surface area contributed by atoms with Gasteiger partial charge in [-0.2, -0.15) is 0 Å². The van der Waals surface area contributed by atoms with Crippen LogP contribution in [0.15, 0.2) is 66.7 Å². The number of fused-ring (bicyclic) bond motifs is 3. The SMILES string of the molecule is COc1ccc([C@@]23Oc4cc(OC)cc(OC)c4[C@]2(O)[C@H](O)[C@H](C(=O)N[C@@H]2CCCO2)[C@H]3c2ccccc2)cc1. The Hall–Kier alpha value is -3.79. The van der Waals surface area contributed by atoms with Crippen LogP contribution < -0.4 is 24.3 Å². The number of carbonyl (C=O) groups excluding carboxylic acids is 1. The van der Waals surface area contributed by atoms with Gasteiger partial charge in [0, 0.05) is 24.7 Å². The molecule has 6 rings (SSSR count). The number of carbonyl (C=O) groups is 1. The molecule has 3 aromatic rings. The number of aliphatic hydroxyl groups excluding tert-OH is 1. The molecule has 3 aromatic carbocycles. The number of amides is 1. The smallest absolute Gasteiger partial charge is 0.228 e. The fourth-order valence-electron chi connectivity index (χ4n) is 6.74. The van der Waals surface area contributed by atoms with Crippen molar-refractivity contribution in [3.8, 4) is 23.0 Å². The van der Waals surface area contributed by atoms with Crippen molar-refractivity contribution < 1.29 is 38.7 Å². The number of ether oxygens (including phenoxy) is 5. The second kappa shape index (κ2) is 9.99. The van der Waals surface area contributed by atoms with E-state index in [9.17, 15) is 15.0 Å². The van der Waals surface area contributed by atoms with Crippen LogP contribution in [-0.2, 0) is 20.7 Å². The van der Waals surface area contributed by atoms with E-state index in [0.29, 0.717) is 35.8 Å². The summed E-state index contributed by atoms with van der Waals surface area (Å²) in [6.07, 6.45) is -0.541. The van der Waals surface area contributed by atoms with Gasteiger partial charge in [-0.05, 0) is 36.1 Å². The summed E-state index contributed by atoms with van der Waals surface area (Å²) in [4.78, 5) is 14.0. The number of benzene rings is 3. The molecule has 9 heteroatoms. The summed E-state index contributed by atoms with van der Waals surface area (Å²) in [5.41, 5.74) is -2.17. The van der Waals surface area contributed by atoms with Gasteiger partial charge in [0.15, 0.2) is 11.2 Å². The lowest BCUT2D eigenvalue weighted by atomic mass is 9.70. The molecule has 1 saturated heterocycles. The van der Waals surface area contributed by atoms with E-state index >= 15 is 0 Å². The summed E-state index contributed by atoms with van der Waals surface area (Å²) in [5.74, 6) is -0.693. The zero-order chi connectivity index (χ0) is 28.1. The Morgan fingerprint density at radius 2 is 1.70 bits per heavy atom. The molecular formula is C31H33NO8. The highest BCUT2D eigenvalue weighted by Gasteiger charge is 2.78. The number of hydrogen-bond donors (Lipinski definition) is 3. The molecule has 2 heterocycles. The van der Waals surface area contributed by atoms with E-state index in [2.05, 4.69) is 5.32 Å². The average Bonchev–Trinajstić information content (AvgIpc) is 3.64. The molecule has 9 nitrogen and oxygen atoms in total. The lowest BCUT2D eigenvalue weighted by molar-refractivity contribution is -0.155. The normalized spacial score (nSPS) is 30.2. The summed E-state index contributed by atoms with van der Waals surface area (Å²) < 4.78 is 29.1. The summed E-state index contributed by atoms with van der Waals surface area (Å²) >= 11 is 0. The molecule has 1 amide bonds. The molecule has 0 unspecified atom stereocenters. The maximum atomic E-state index is 14.0. The molecule has 210 valence electrons. The minimum atomic E-state index is -2.09. The van der Waals surface area contributed by atoms with Crippen LogP contribution in [0.1, 0.15) is 35.4 Å². The molecule has 1 aliphatic carbocycles. The molecule has 0 spiro atoms. The average molecular weight is 548 g/mol. The minimum Gasteiger partial charge on any atom is -0.497 e. The van der Waals surface area contributed by atoms with E-state index in [1.165, 1.54) is 14.2 Å². The highest BCUT2D eigenvalue weighted by molar-refractivity contribution is 5.83. The predicted octanol–water partition coefficient (Wildman–Crippen LogP) is 3.22. The quantitative estimate of drug-likeness (QED) is 0.413. The second-order valence-electron chi connectivity index (χ2n) is 10.4. The first-order valence-electron chi connectivity index (χ1n) is 13.4. The van der Waals surface area contributed by atoms with E-state index in [4.69, 9.17) is 23.7 Å². The van der Waals surface area contributed by atoms with Crippen molar-refractivity contribution in [3.63, 3.8) is 0 Å². The van der Waals surface area contributed by atoms with E-state index in [-0.39, 0.29) is 11.3 Å². The fraction of sp³-hybridized carbons (Fsp3) is 0.387. The molecule has 2 fully saturated rings. The highest BCUT2D eigenvalue weighted by atomic mass is 16.5. The maximum absolute atomic E-state index is 14.0. The van der Waals surface area contributed by atoms with Gasteiger partial charge in [0.1, 0.15) is 35.3 Å². The van der Waals surface area contributed by atoms with E-state index in [1.54, 1.807) is 43.5 Å². The van der Waals surface area contributed by atoms with E-state index in [0.717, 1.165) is 12.0 Å². The number of aliphatic hydroxyl groups is 2. The van der Waals surface area contributed by atoms with Gasteiger partial charge in [-0.3, -0.25) is 4.79 Å². The molecule has 2 aliphatic heterocycles. The van der Waals surface area contributed by atoms with Gasteiger partial charge in [-0.25, -0.2) is 0 Å². The second-order valence-corrected chi connectivity index (χ2v) is 10.4. The van der Waals surface area contributed by atoms with Crippen LogP contribution in [0, 0.1) is 5.92 Å². The molecular weight excluding hydrogens is 514 g/mol. The molecule has 0 radical (unpaired) electrons. The fourth-order valence-corrected chi connectivity index (χ4v) is 6.74. The van der Waals surface area contributed by atoms with Gasteiger partial charge < -0.3 is 39.2 Å². The van der Waals surface area contributed by atoms with Crippen LogP contribution in [0.4, 0.5) is 0 Å². The van der Waals surface area contributed by atoms with Crippen LogP contribution in [0.2, 0.25) is 0 Å². The number of methoxy groups -OCH3 is 3. The van der Waals surface area contributed by atoms with Crippen molar-refractivity contribution in [2.24, 2.45) is 5.92 Å². The largest absolute Gasteiger partial charge is 0.497 e. The Labute approximate surface area is 232 Å². The Morgan fingerprint density at radius 3 is 2.33 bits per heavy atom. The number of rotatable bonds is 7. The predicted molar refractivity (Wildman–Crippen MR) is 145 cm³/mol. The summed E-state index contributed by atoms with van der Waals surface area (Å²) in [6, 6.07) is 19.8. The van der Waals surface area contributed by atoms with Crippen LogP contribution in [0.3, 0.4) is 0 Å². The lowest BCUT2D eigenvalue weighted by Gasteiger charge is -2.40. The van der Waals surface area contributed by atoms with Gasteiger partial charge >= 0.3 is 0 Å². The van der Waals surface area contributed by atoms with Crippen molar-refractivity contribution >= 4 is 5.91 Å². The Morgan fingerprint density at radius 1 is 0.975 bits per heavy atom. The molecule has 0 aromatic heterocycles. The van der Waals surface area contributed by atoms with E-state index in [1.807, 2.05) is 30.3 Å². The van der Waals surface area contributed by atoms with Crippen molar-refractivity contribution in [1.82, 2.24) is 5.32 Å². The third-order valence-corrected chi connectivity index (χ3v) is 8.49. The lowest BCUT2D eigenvalue weighted by Crippen LogP contribution is -2.52. The van der Waals surface area contributed by atoms with E-state index < -0.39 is 41.3 Å². The monoisotopic (exact) mass is 547 g/mol. The Balaban J connectivity index is 1.62. The van der Waals surface area contributed by atoms with Crippen molar-refractivity contribution in [3.05, 3.63) is 83.4 Å². The van der Waals surface area contributed by atoms with Crippen LogP contribution in [0.5, 0.6) is 23.0 Å². The maximum Gasteiger partial charge on any atom is 0.228 e. The molecule has 0 bridgehead atoms. The molecule has 3 N–H and O–H groups in total. The molecule has 1 saturated carbocycles. The topological polar surface area (TPSA) is 116 Å². The van der Waals surface area contributed by atoms with Crippen LogP contribution in [0.25, 0.3) is 0 Å². The van der Waals surface area contributed by atoms with Crippen LogP contribution >= 0.6 is 0 Å². The third kappa shape index (κ3) is 3.68. The third-order valence-electron chi connectivity index (χ3n) is 8.49. The highest BCUT2D eigenvalue weighted by Crippen LogP contribution is 2.70. The zero-order valence-corrected chi connectivity index (χ0v) is 22.6. The van der Waals surface area contributed by atoms with Gasteiger partial charge in [-0.1, -0.05) is 42.5 Å². The summed E-state index contributed by atoms with van der Waals surface area (Å²) in [5, 5.41) is 28.1. The van der Waals surface area contributed by atoms with Crippen molar-refractivity contribution in [1.29, 1.82) is 0 Å². The van der Waals surface area contributed by atoms with Crippen molar-refractivity contribution in [2.45, 2.75) is 42.3 Å². The zero-order valence-electron chi connectivity index (χ0n) is 22.6. The van der Waals surface area contributed by atoms with Gasteiger partial charge in [-0.15, -0.1) is 0 Å². The minimum absolute atomic E-state index is 0.257. The Bertz CT molecular complexity index is 1390. The number of hydrogen-bond acceptors (Lipinski definition) is 8. The summed E-state index contributed by atoms with van der Waals surface area (Å²) in [6.45, 7) is 0.551. The van der Waals surface area contributed by atoms with Gasteiger partial charge in [0.05, 0.1) is 32.8 Å². The molecule has 6 atom stereocenters. The molecule has 40 heavy (non-hydrogen) atoms. The first-order chi connectivity index (χ1) is 19.4. The first kappa shape index (κ1) is 26.4. The van der Waals surface area contributed by atoms with Gasteiger partial charge in [0.25, 0.3) is 0 Å². The summed E-state index contributed by atoms with van der Waals surface area (Å²) in [7, 11) is 4.57. The standard InChI is InChI=1S/C31H33NO8/c1-36-20-13-11-19(12-14-20)31-26(18-8-5-4-6-9-18)25(29(34)32-24-10-7-15-39-24)28(33)30(31,35)27-22(38-3)16-21(37-2)17-23(27)40-31/h4-6,8-9,11-14,16-17,24-26,28,33,35H,7,10,15H2,1-3H3,(H,32,34)/t24-,25+,26+,28+,30-,31-/m0/s1. The molecule has 3 aliphatic rings. The Kier molecular flexibility index (Phi) is 6.60. The van der Waals surface area contributed by atoms with Gasteiger partial charge in [0.2, 0.25) is 5.91 Å².